The molecule has 2 aromatic rings. The van der Waals surface area contributed by atoms with Gasteiger partial charge in [0.15, 0.2) is 5.11 Å². The molecule has 0 atom stereocenters. The minimum atomic E-state index is 0.496. The first kappa shape index (κ1) is 21.3. The largest absolute Gasteiger partial charge is 0.473 e. The first-order valence-corrected chi connectivity index (χ1v) is 10.7. The summed E-state index contributed by atoms with van der Waals surface area (Å²) in [6, 6.07) is 14.5. The fourth-order valence-electron chi connectivity index (χ4n) is 3.29. The van der Waals surface area contributed by atoms with E-state index in [1.807, 2.05) is 30.5 Å². The monoisotopic (exact) mass is 410 g/mol. The molecule has 1 saturated heterocycles. The van der Waals surface area contributed by atoms with E-state index in [4.69, 9.17) is 17.0 Å². The van der Waals surface area contributed by atoms with Crippen molar-refractivity contribution in [2.45, 2.75) is 25.8 Å². The number of rotatable bonds is 10. The van der Waals surface area contributed by atoms with Crippen LogP contribution in [0.25, 0.3) is 0 Å². The molecule has 0 amide bonds. The summed E-state index contributed by atoms with van der Waals surface area (Å²) in [7, 11) is 0. The molecule has 2 N–H and O–H groups in total. The first-order valence-electron chi connectivity index (χ1n) is 10.3. The van der Waals surface area contributed by atoms with Gasteiger partial charge in [0.2, 0.25) is 5.88 Å². The molecule has 29 heavy (non-hydrogen) atoms. The van der Waals surface area contributed by atoms with Crippen molar-refractivity contribution in [3.05, 3.63) is 71.9 Å². The minimum absolute atomic E-state index is 0.496. The second kappa shape index (κ2) is 12.2. The third kappa shape index (κ3) is 8.21. The lowest BCUT2D eigenvalue weighted by Crippen LogP contribution is -2.36. The van der Waals surface area contributed by atoms with Gasteiger partial charge in [0.25, 0.3) is 0 Å². The lowest BCUT2D eigenvalue weighted by atomic mass is 10.1. The average molecular weight is 411 g/mol. The second-order valence-corrected chi connectivity index (χ2v) is 7.55. The molecule has 1 aromatic heterocycles. The van der Waals surface area contributed by atoms with Crippen molar-refractivity contribution in [2.75, 3.05) is 32.8 Å². The van der Waals surface area contributed by atoms with E-state index in [9.17, 15) is 0 Å². The Morgan fingerprint density at radius 3 is 2.72 bits per heavy atom. The Morgan fingerprint density at radius 1 is 1.07 bits per heavy atom. The van der Waals surface area contributed by atoms with Crippen molar-refractivity contribution in [3.63, 3.8) is 0 Å². The van der Waals surface area contributed by atoms with Crippen molar-refractivity contribution >= 4 is 17.3 Å². The molecule has 1 fully saturated rings. The van der Waals surface area contributed by atoms with Gasteiger partial charge in [-0.3, -0.25) is 4.90 Å². The molecule has 0 aliphatic carbocycles. The number of benzene rings is 1. The Hall–Kier alpha value is -2.44. The minimum Gasteiger partial charge on any atom is -0.473 e. The predicted molar refractivity (Wildman–Crippen MR) is 122 cm³/mol. The summed E-state index contributed by atoms with van der Waals surface area (Å²) in [5, 5.41) is 7.07. The zero-order valence-corrected chi connectivity index (χ0v) is 17.7. The molecule has 0 radical (unpaired) electrons. The summed E-state index contributed by atoms with van der Waals surface area (Å²) in [5.74, 6) is 0.678. The number of nitrogens with one attached hydrogen (secondary N) is 2. The molecule has 1 aliphatic rings. The van der Waals surface area contributed by atoms with Gasteiger partial charge in [-0.1, -0.05) is 36.4 Å². The van der Waals surface area contributed by atoms with Gasteiger partial charge in [-0.2, -0.15) is 0 Å². The van der Waals surface area contributed by atoms with Gasteiger partial charge in [-0.15, -0.1) is 0 Å². The van der Waals surface area contributed by atoms with Crippen LogP contribution in [0, 0.1) is 0 Å². The maximum absolute atomic E-state index is 5.74. The highest BCUT2D eigenvalue weighted by atomic mass is 32.1. The standard InChI is InChI=1S/C23H30N4OS/c29-23(26-14-10-20-8-2-1-3-9-20)25-12-4-7-17-28-22-18-21(11-13-24-22)19-27-15-5-6-16-27/h1-4,7-9,11,13,18H,5-6,10,12,14-17,19H2,(H2,25,26,29)/b7-4-. The Kier molecular flexibility index (Phi) is 8.94. The molecule has 6 heteroatoms. The number of hydrogen-bond acceptors (Lipinski definition) is 4. The summed E-state index contributed by atoms with van der Waals surface area (Å²) < 4.78 is 5.74. The summed E-state index contributed by atoms with van der Waals surface area (Å²) in [6.45, 7) is 5.35. The van der Waals surface area contributed by atoms with Gasteiger partial charge >= 0.3 is 0 Å². The van der Waals surface area contributed by atoms with Crippen molar-refractivity contribution in [3.8, 4) is 5.88 Å². The van der Waals surface area contributed by atoms with Crippen LogP contribution in [0.2, 0.25) is 0 Å². The van der Waals surface area contributed by atoms with Crippen LogP contribution in [0.3, 0.4) is 0 Å². The maximum Gasteiger partial charge on any atom is 0.213 e. The highest BCUT2D eigenvalue weighted by Gasteiger charge is 2.12. The van der Waals surface area contributed by atoms with E-state index in [-0.39, 0.29) is 0 Å². The van der Waals surface area contributed by atoms with Gasteiger partial charge in [0.05, 0.1) is 0 Å². The number of hydrogen-bond donors (Lipinski definition) is 2. The molecule has 154 valence electrons. The number of pyridine rings is 1. The fourth-order valence-corrected chi connectivity index (χ4v) is 3.48. The predicted octanol–water partition coefficient (Wildman–Crippen LogP) is 3.32. The van der Waals surface area contributed by atoms with E-state index in [1.54, 1.807) is 0 Å². The second-order valence-electron chi connectivity index (χ2n) is 7.14. The van der Waals surface area contributed by atoms with Gasteiger partial charge in [0, 0.05) is 31.9 Å². The van der Waals surface area contributed by atoms with Crippen LogP contribution in [0.15, 0.2) is 60.8 Å². The SMILES string of the molecule is S=C(NC/C=C\COc1cc(CN2CCCC2)ccn1)NCCc1ccccc1. The van der Waals surface area contributed by atoms with E-state index >= 15 is 0 Å². The lowest BCUT2D eigenvalue weighted by molar-refractivity contribution is 0.326. The summed E-state index contributed by atoms with van der Waals surface area (Å²) in [6.07, 6.45) is 9.38. The number of thiocarbonyl (C=S) groups is 1. The Morgan fingerprint density at radius 2 is 1.90 bits per heavy atom. The molecule has 2 heterocycles. The van der Waals surface area contributed by atoms with E-state index in [2.05, 4.69) is 50.8 Å². The van der Waals surface area contributed by atoms with Crippen molar-refractivity contribution in [1.29, 1.82) is 0 Å². The zero-order chi connectivity index (χ0) is 20.2. The Balaban J connectivity index is 1.27. The fraction of sp³-hybridized carbons (Fsp3) is 0.391. The van der Waals surface area contributed by atoms with Crippen LogP contribution in [-0.4, -0.2) is 47.8 Å². The van der Waals surface area contributed by atoms with Crippen molar-refractivity contribution in [2.24, 2.45) is 0 Å². The van der Waals surface area contributed by atoms with Gasteiger partial charge < -0.3 is 15.4 Å². The third-order valence-corrected chi connectivity index (χ3v) is 5.11. The molecule has 3 rings (SSSR count). The summed E-state index contributed by atoms with van der Waals surface area (Å²) >= 11 is 5.30. The number of ether oxygens (including phenoxy) is 1. The molecule has 0 saturated carbocycles. The van der Waals surface area contributed by atoms with E-state index in [0.717, 1.165) is 19.5 Å². The van der Waals surface area contributed by atoms with Crippen molar-refractivity contribution in [1.82, 2.24) is 20.5 Å². The molecule has 1 aliphatic heterocycles. The zero-order valence-electron chi connectivity index (χ0n) is 16.8. The van der Waals surface area contributed by atoms with Crippen LogP contribution >= 0.6 is 12.2 Å². The summed E-state index contributed by atoms with van der Waals surface area (Å²) in [5.41, 5.74) is 2.56. The molecule has 5 nitrogen and oxygen atoms in total. The molecule has 0 unspecified atom stereocenters. The van der Waals surface area contributed by atoms with E-state index < -0.39 is 0 Å². The Labute approximate surface area is 179 Å². The quantitative estimate of drug-likeness (QED) is 0.463. The van der Waals surface area contributed by atoms with Crippen LogP contribution in [-0.2, 0) is 13.0 Å². The van der Waals surface area contributed by atoms with Gasteiger partial charge in [-0.25, -0.2) is 4.98 Å². The van der Waals surface area contributed by atoms with E-state index in [0.29, 0.717) is 24.1 Å². The van der Waals surface area contributed by atoms with Gasteiger partial charge in [-0.05, 0) is 67.8 Å². The highest BCUT2D eigenvalue weighted by Crippen LogP contribution is 2.15. The number of likely N-dealkylation sites (tertiary alicyclic amines) is 1. The van der Waals surface area contributed by atoms with Crippen LogP contribution in [0.4, 0.5) is 0 Å². The molecular weight excluding hydrogens is 380 g/mol. The smallest absolute Gasteiger partial charge is 0.213 e. The topological polar surface area (TPSA) is 49.4 Å². The number of aromatic nitrogens is 1. The van der Waals surface area contributed by atoms with Crippen LogP contribution in [0.5, 0.6) is 5.88 Å². The van der Waals surface area contributed by atoms with Crippen molar-refractivity contribution < 1.29 is 4.74 Å². The maximum atomic E-state index is 5.74. The average Bonchev–Trinajstić information content (AvgIpc) is 3.25. The third-order valence-electron chi connectivity index (χ3n) is 4.82. The van der Waals surface area contributed by atoms with Crippen LogP contribution < -0.4 is 15.4 Å². The molecule has 0 bridgehead atoms. The van der Waals surface area contributed by atoms with Gasteiger partial charge in [0.1, 0.15) is 6.61 Å². The summed E-state index contributed by atoms with van der Waals surface area (Å²) in [4.78, 5) is 6.77. The Bertz CT molecular complexity index is 775. The van der Waals surface area contributed by atoms with E-state index in [1.165, 1.54) is 37.1 Å². The molecular formula is C23H30N4OS. The first-order chi connectivity index (χ1) is 14.3. The molecule has 0 spiro atoms. The van der Waals surface area contributed by atoms with Crippen LogP contribution in [0.1, 0.15) is 24.0 Å². The molecule has 1 aromatic carbocycles. The highest BCUT2D eigenvalue weighted by molar-refractivity contribution is 7.80. The number of nitrogens with zero attached hydrogens (tertiary/aromatic N) is 2. The lowest BCUT2D eigenvalue weighted by Gasteiger charge is -2.14. The normalized spacial score (nSPS) is 14.2.